The van der Waals surface area contributed by atoms with Crippen molar-refractivity contribution >= 4 is 5.91 Å². The highest BCUT2D eigenvalue weighted by Gasteiger charge is 2.40. The molecule has 2 N–H and O–H groups in total. The third kappa shape index (κ3) is 4.23. The Hall–Kier alpha value is -1.79. The monoisotopic (exact) mass is 265 g/mol. The van der Waals surface area contributed by atoms with Crippen molar-refractivity contribution in [1.29, 1.82) is 0 Å². The molecule has 0 radical (unpaired) electrons. The maximum absolute atomic E-state index is 12.5. The number of carbonyl (C=O) groups is 1. The molecule has 18 heavy (non-hydrogen) atoms. The van der Waals surface area contributed by atoms with Crippen LogP contribution in [0.15, 0.2) is 24.3 Å². The lowest BCUT2D eigenvalue weighted by atomic mass is 10.1. The third-order valence-corrected chi connectivity index (χ3v) is 2.12. The van der Waals surface area contributed by atoms with Gasteiger partial charge >= 0.3 is 12.3 Å². The zero-order valence-corrected chi connectivity index (χ0v) is 9.17. The summed E-state index contributed by atoms with van der Waals surface area (Å²) < 4.78 is 48.6. The van der Waals surface area contributed by atoms with Crippen molar-refractivity contribution in [3.63, 3.8) is 0 Å². The number of hydrogen-bond donors (Lipinski definition) is 2. The van der Waals surface area contributed by atoms with Gasteiger partial charge in [-0.2, -0.15) is 8.78 Å². The van der Waals surface area contributed by atoms with E-state index < -0.39 is 24.8 Å². The van der Waals surface area contributed by atoms with E-state index in [0.29, 0.717) is 5.56 Å². The van der Waals surface area contributed by atoms with Crippen molar-refractivity contribution in [2.24, 2.45) is 0 Å². The Morgan fingerprint density at radius 3 is 2.61 bits per heavy atom. The van der Waals surface area contributed by atoms with Gasteiger partial charge in [0.25, 0.3) is 0 Å². The molecule has 1 rings (SSSR count). The molecule has 0 aliphatic rings. The van der Waals surface area contributed by atoms with Crippen LogP contribution in [0.5, 0.6) is 5.75 Å². The molecule has 0 heterocycles. The first-order chi connectivity index (χ1) is 8.31. The first-order valence-corrected chi connectivity index (χ1v) is 5.02. The Labute approximate surface area is 100 Å². The maximum Gasteiger partial charge on any atom is 0.324 e. The highest BCUT2D eigenvalue weighted by Crippen LogP contribution is 2.21. The number of phenolic OH excluding ortho intramolecular Hbond substituents is 1. The summed E-state index contributed by atoms with van der Waals surface area (Å²) in [4.78, 5) is 11.2. The molecule has 0 fully saturated rings. The van der Waals surface area contributed by atoms with Crippen LogP contribution in [-0.4, -0.2) is 29.9 Å². The van der Waals surface area contributed by atoms with Crippen LogP contribution in [0.3, 0.4) is 0 Å². The fourth-order valence-corrected chi connectivity index (χ4v) is 1.21. The van der Waals surface area contributed by atoms with E-state index in [0.717, 1.165) is 0 Å². The molecule has 0 saturated heterocycles. The van der Waals surface area contributed by atoms with Crippen molar-refractivity contribution in [2.75, 3.05) is 6.54 Å². The Kier molecular flexibility index (Phi) is 4.52. The van der Waals surface area contributed by atoms with E-state index in [-0.39, 0.29) is 12.2 Å². The van der Waals surface area contributed by atoms with Gasteiger partial charge in [-0.25, -0.2) is 8.78 Å². The van der Waals surface area contributed by atoms with E-state index >= 15 is 0 Å². The van der Waals surface area contributed by atoms with Crippen LogP contribution >= 0.6 is 0 Å². The van der Waals surface area contributed by atoms with Gasteiger partial charge in [0.1, 0.15) is 5.75 Å². The molecular weight excluding hydrogens is 254 g/mol. The van der Waals surface area contributed by atoms with E-state index in [1.165, 1.54) is 24.3 Å². The van der Waals surface area contributed by atoms with Crippen molar-refractivity contribution in [1.82, 2.24) is 5.32 Å². The Morgan fingerprint density at radius 2 is 2.06 bits per heavy atom. The molecule has 1 aromatic carbocycles. The van der Waals surface area contributed by atoms with Crippen LogP contribution in [-0.2, 0) is 11.2 Å². The zero-order valence-electron chi connectivity index (χ0n) is 9.17. The quantitative estimate of drug-likeness (QED) is 0.799. The second-order valence-electron chi connectivity index (χ2n) is 3.69. The van der Waals surface area contributed by atoms with Crippen LogP contribution in [0.2, 0.25) is 0 Å². The minimum Gasteiger partial charge on any atom is -0.508 e. The summed E-state index contributed by atoms with van der Waals surface area (Å²) in [5, 5.41) is 10.8. The summed E-state index contributed by atoms with van der Waals surface area (Å²) in [7, 11) is 0. The number of hydrogen-bond acceptors (Lipinski definition) is 2. The van der Waals surface area contributed by atoms with E-state index in [1.807, 2.05) is 0 Å². The Balaban J connectivity index is 2.48. The van der Waals surface area contributed by atoms with Crippen LogP contribution in [0, 0.1) is 0 Å². The number of aromatic hydroxyl groups is 1. The zero-order chi connectivity index (χ0) is 13.8. The second kappa shape index (κ2) is 5.70. The predicted octanol–water partition coefficient (Wildman–Crippen LogP) is 1.95. The van der Waals surface area contributed by atoms with Gasteiger partial charge in [0.05, 0.1) is 13.0 Å². The Bertz CT molecular complexity index is 423. The minimum absolute atomic E-state index is 0.0711. The SMILES string of the molecule is O=C(Cc1cccc(O)c1)NCC(F)(F)C(F)F. The summed E-state index contributed by atoms with van der Waals surface area (Å²) in [5.41, 5.74) is 0.396. The van der Waals surface area contributed by atoms with Crippen LogP contribution in [0.4, 0.5) is 17.6 Å². The van der Waals surface area contributed by atoms with Crippen molar-refractivity contribution in [2.45, 2.75) is 18.8 Å². The van der Waals surface area contributed by atoms with Crippen molar-refractivity contribution < 1.29 is 27.5 Å². The topological polar surface area (TPSA) is 49.3 Å². The molecule has 1 amide bonds. The summed E-state index contributed by atoms with van der Waals surface area (Å²) >= 11 is 0. The van der Waals surface area contributed by atoms with Crippen molar-refractivity contribution in [3.8, 4) is 5.75 Å². The number of nitrogens with one attached hydrogen (secondary N) is 1. The smallest absolute Gasteiger partial charge is 0.324 e. The molecular formula is C11H11F4NO2. The fraction of sp³-hybridized carbons (Fsp3) is 0.364. The molecule has 0 saturated carbocycles. The lowest BCUT2D eigenvalue weighted by Crippen LogP contribution is -2.41. The number of benzene rings is 1. The van der Waals surface area contributed by atoms with E-state index in [9.17, 15) is 22.4 Å². The Morgan fingerprint density at radius 1 is 1.39 bits per heavy atom. The maximum atomic E-state index is 12.5. The number of amides is 1. The fourth-order valence-electron chi connectivity index (χ4n) is 1.21. The van der Waals surface area contributed by atoms with Gasteiger partial charge in [-0.15, -0.1) is 0 Å². The van der Waals surface area contributed by atoms with E-state index in [1.54, 1.807) is 5.32 Å². The van der Waals surface area contributed by atoms with E-state index in [2.05, 4.69) is 0 Å². The third-order valence-electron chi connectivity index (χ3n) is 2.12. The van der Waals surface area contributed by atoms with Gasteiger partial charge in [-0.3, -0.25) is 4.79 Å². The molecule has 100 valence electrons. The van der Waals surface area contributed by atoms with Gasteiger partial charge in [-0.1, -0.05) is 12.1 Å². The number of carbonyl (C=O) groups excluding carboxylic acids is 1. The summed E-state index contributed by atoms with van der Waals surface area (Å²) in [5.74, 6) is -5.13. The van der Waals surface area contributed by atoms with Crippen molar-refractivity contribution in [3.05, 3.63) is 29.8 Å². The standard InChI is InChI=1S/C11H11F4NO2/c12-10(13)11(14,15)6-16-9(18)5-7-2-1-3-8(17)4-7/h1-4,10,17H,5-6H2,(H,16,18). The minimum atomic E-state index is -4.24. The number of phenols is 1. The highest BCUT2D eigenvalue weighted by atomic mass is 19.3. The van der Waals surface area contributed by atoms with Crippen LogP contribution < -0.4 is 5.32 Å². The molecule has 0 aliphatic heterocycles. The molecule has 0 unspecified atom stereocenters. The molecule has 1 aromatic rings. The van der Waals surface area contributed by atoms with Crippen LogP contribution in [0.1, 0.15) is 5.56 Å². The lowest BCUT2D eigenvalue weighted by molar-refractivity contribution is -0.136. The van der Waals surface area contributed by atoms with Gasteiger partial charge in [0.15, 0.2) is 0 Å². The number of halogens is 4. The highest BCUT2D eigenvalue weighted by molar-refractivity contribution is 5.78. The largest absolute Gasteiger partial charge is 0.508 e. The van der Waals surface area contributed by atoms with Crippen LogP contribution in [0.25, 0.3) is 0 Å². The van der Waals surface area contributed by atoms with E-state index in [4.69, 9.17) is 5.11 Å². The lowest BCUT2D eigenvalue weighted by Gasteiger charge is -2.15. The van der Waals surface area contributed by atoms with Gasteiger partial charge < -0.3 is 10.4 Å². The first kappa shape index (κ1) is 14.3. The molecule has 7 heteroatoms. The summed E-state index contributed by atoms with van der Waals surface area (Å²) in [6.45, 7) is -1.41. The molecule has 0 aromatic heterocycles. The number of rotatable bonds is 5. The predicted molar refractivity (Wildman–Crippen MR) is 55.8 cm³/mol. The number of alkyl halides is 4. The second-order valence-corrected chi connectivity index (χ2v) is 3.69. The molecule has 0 aliphatic carbocycles. The molecule has 0 bridgehead atoms. The van der Waals surface area contributed by atoms with Gasteiger partial charge in [0, 0.05) is 0 Å². The average molecular weight is 265 g/mol. The average Bonchev–Trinajstić information content (AvgIpc) is 2.26. The molecule has 3 nitrogen and oxygen atoms in total. The molecule has 0 spiro atoms. The summed E-state index contributed by atoms with van der Waals surface area (Å²) in [6, 6.07) is 5.65. The first-order valence-electron chi connectivity index (χ1n) is 5.02. The van der Waals surface area contributed by atoms with Gasteiger partial charge in [0.2, 0.25) is 5.91 Å². The summed E-state index contributed by atoms with van der Waals surface area (Å²) in [6.07, 6.45) is -4.09. The normalized spacial score (nSPS) is 11.6. The molecule has 0 atom stereocenters. The van der Waals surface area contributed by atoms with Gasteiger partial charge in [-0.05, 0) is 17.7 Å².